The van der Waals surface area contributed by atoms with Gasteiger partial charge in [0, 0.05) is 10.5 Å². The van der Waals surface area contributed by atoms with Gasteiger partial charge in [0.15, 0.2) is 0 Å². The number of nitrogens with two attached hydrogens (primary N) is 1. The molecule has 0 saturated carbocycles. The molecule has 2 rings (SSSR count). The van der Waals surface area contributed by atoms with E-state index in [1.54, 1.807) is 0 Å². The van der Waals surface area contributed by atoms with Gasteiger partial charge in [0.05, 0.1) is 0 Å². The van der Waals surface area contributed by atoms with E-state index in [1.807, 2.05) is 36.4 Å². The van der Waals surface area contributed by atoms with Crippen LogP contribution in [0.1, 0.15) is 24.5 Å². The zero-order valence-electron chi connectivity index (χ0n) is 11.9. The summed E-state index contributed by atoms with van der Waals surface area (Å²) in [5, 5.41) is 0. The molecular formula is C17H20BrNO. The van der Waals surface area contributed by atoms with Crippen LogP contribution in [-0.2, 0) is 6.42 Å². The lowest BCUT2D eigenvalue weighted by Crippen LogP contribution is -2.21. The Balaban J connectivity index is 2.10. The lowest BCUT2D eigenvalue weighted by molar-refractivity contribution is 0.481. The lowest BCUT2D eigenvalue weighted by atomic mass is 10.0. The molecule has 0 heterocycles. The summed E-state index contributed by atoms with van der Waals surface area (Å²) in [6.45, 7) is 4.17. The molecule has 0 spiro atoms. The van der Waals surface area contributed by atoms with E-state index in [9.17, 15) is 0 Å². The smallest absolute Gasteiger partial charge is 0.128 e. The number of hydrogen-bond donors (Lipinski definition) is 1. The quantitative estimate of drug-likeness (QED) is 0.850. The van der Waals surface area contributed by atoms with Crippen LogP contribution in [0, 0.1) is 6.92 Å². The predicted octanol–water partition coefficient (Wildman–Crippen LogP) is 4.83. The van der Waals surface area contributed by atoms with Crippen LogP contribution in [0.3, 0.4) is 0 Å². The number of ether oxygens (including phenoxy) is 1. The third-order valence-corrected chi connectivity index (χ3v) is 4.03. The van der Waals surface area contributed by atoms with E-state index in [4.69, 9.17) is 10.5 Å². The Morgan fingerprint density at radius 2 is 1.75 bits per heavy atom. The van der Waals surface area contributed by atoms with Crippen molar-refractivity contribution in [3.05, 3.63) is 58.1 Å². The fraction of sp³-hybridized carbons (Fsp3) is 0.294. The monoisotopic (exact) mass is 333 g/mol. The largest absolute Gasteiger partial charge is 0.457 e. The Hall–Kier alpha value is -1.32. The second-order valence-electron chi connectivity index (χ2n) is 5.04. The summed E-state index contributed by atoms with van der Waals surface area (Å²) < 4.78 is 6.89. The number of hydrogen-bond acceptors (Lipinski definition) is 2. The molecule has 2 N–H and O–H groups in total. The molecule has 0 bridgehead atoms. The van der Waals surface area contributed by atoms with Crippen molar-refractivity contribution >= 4 is 15.9 Å². The first-order valence-corrected chi connectivity index (χ1v) is 7.66. The molecule has 2 aromatic rings. The zero-order valence-corrected chi connectivity index (χ0v) is 13.5. The molecule has 0 aliphatic rings. The first-order chi connectivity index (χ1) is 9.58. The number of rotatable bonds is 5. The highest BCUT2D eigenvalue weighted by atomic mass is 79.9. The molecule has 2 aromatic carbocycles. The van der Waals surface area contributed by atoms with Gasteiger partial charge in [-0.15, -0.1) is 0 Å². The minimum atomic E-state index is 0.204. The molecule has 0 amide bonds. The molecule has 20 heavy (non-hydrogen) atoms. The van der Waals surface area contributed by atoms with Crippen LogP contribution in [0.15, 0.2) is 46.9 Å². The maximum atomic E-state index is 6.00. The molecule has 0 fully saturated rings. The molecule has 1 unspecified atom stereocenters. The Morgan fingerprint density at radius 1 is 1.10 bits per heavy atom. The lowest BCUT2D eigenvalue weighted by Gasteiger charge is -2.12. The van der Waals surface area contributed by atoms with Gasteiger partial charge in [0.2, 0.25) is 0 Å². The van der Waals surface area contributed by atoms with Crippen molar-refractivity contribution in [3.8, 4) is 11.5 Å². The summed E-state index contributed by atoms with van der Waals surface area (Å²) in [5.74, 6) is 1.68. The van der Waals surface area contributed by atoms with E-state index in [0.29, 0.717) is 0 Å². The molecule has 0 aliphatic carbocycles. The van der Waals surface area contributed by atoms with Crippen LogP contribution < -0.4 is 10.5 Å². The molecule has 106 valence electrons. The van der Waals surface area contributed by atoms with Gasteiger partial charge in [0.25, 0.3) is 0 Å². The number of benzene rings is 2. The van der Waals surface area contributed by atoms with Crippen molar-refractivity contribution in [2.75, 3.05) is 0 Å². The normalized spacial score (nSPS) is 12.2. The Bertz CT molecular complexity index is 566. The molecule has 2 nitrogen and oxygen atoms in total. The maximum Gasteiger partial charge on any atom is 0.128 e. The van der Waals surface area contributed by atoms with Crippen molar-refractivity contribution in [2.24, 2.45) is 5.73 Å². The molecule has 1 atom stereocenters. The molecule has 0 aliphatic heterocycles. The van der Waals surface area contributed by atoms with Gasteiger partial charge in [-0.05, 0) is 49.6 Å². The Labute approximate surface area is 129 Å². The van der Waals surface area contributed by atoms with Gasteiger partial charge in [-0.3, -0.25) is 0 Å². The summed E-state index contributed by atoms with van der Waals surface area (Å²) in [6.07, 6.45) is 1.86. The van der Waals surface area contributed by atoms with E-state index in [1.165, 1.54) is 11.1 Å². The second kappa shape index (κ2) is 6.91. The number of aryl methyl sites for hydroxylation is 1. The summed E-state index contributed by atoms with van der Waals surface area (Å²) in [7, 11) is 0. The van der Waals surface area contributed by atoms with E-state index in [2.05, 4.69) is 35.8 Å². The molecule has 0 saturated heterocycles. The van der Waals surface area contributed by atoms with Crippen LogP contribution in [-0.4, -0.2) is 6.04 Å². The second-order valence-corrected chi connectivity index (χ2v) is 5.90. The molecule has 3 heteroatoms. The van der Waals surface area contributed by atoms with Gasteiger partial charge < -0.3 is 10.5 Å². The van der Waals surface area contributed by atoms with Gasteiger partial charge in [-0.1, -0.05) is 46.6 Å². The average Bonchev–Trinajstić information content (AvgIpc) is 2.44. The Morgan fingerprint density at radius 3 is 2.35 bits per heavy atom. The minimum absolute atomic E-state index is 0.204. The van der Waals surface area contributed by atoms with Gasteiger partial charge in [-0.25, -0.2) is 0 Å². The van der Waals surface area contributed by atoms with Crippen molar-refractivity contribution in [1.29, 1.82) is 0 Å². The van der Waals surface area contributed by atoms with Gasteiger partial charge in [0.1, 0.15) is 11.5 Å². The predicted molar refractivity (Wildman–Crippen MR) is 87.4 cm³/mol. The topological polar surface area (TPSA) is 35.2 Å². The van der Waals surface area contributed by atoms with Crippen LogP contribution >= 0.6 is 15.9 Å². The van der Waals surface area contributed by atoms with E-state index in [0.717, 1.165) is 28.8 Å². The average molecular weight is 334 g/mol. The highest BCUT2D eigenvalue weighted by Gasteiger charge is 2.07. The summed E-state index contributed by atoms with van der Waals surface area (Å²) in [6, 6.07) is 14.3. The zero-order chi connectivity index (χ0) is 14.5. The minimum Gasteiger partial charge on any atom is -0.457 e. The van der Waals surface area contributed by atoms with Crippen molar-refractivity contribution in [1.82, 2.24) is 0 Å². The maximum absolute atomic E-state index is 6.00. The molecule has 0 aromatic heterocycles. The van der Waals surface area contributed by atoms with Crippen LogP contribution in [0.4, 0.5) is 0 Å². The SMILES string of the molecule is CCC(N)Cc1ccc(Oc2ccc(C)cc2)cc1Br. The van der Waals surface area contributed by atoms with E-state index < -0.39 is 0 Å². The third kappa shape index (κ3) is 4.09. The summed E-state index contributed by atoms with van der Waals surface area (Å²) >= 11 is 3.59. The highest BCUT2D eigenvalue weighted by molar-refractivity contribution is 9.10. The number of halogens is 1. The van der Waals surface area contributed by atoms with Crippen molar-refractivity contribution < 1.29 is 4.74 Å². The van der Waals surface area contributed by atoms with E-state index >= 15 is 0 Å². The first-order valence-electron chi connectivity index (χ1n) is 6.87. The van der Waals surface area contributed by atoms with Gasteiger partial charge in [-0.2, -0.15) is 0 Å². The van der Waals surface area contributed by atoms with E-state index in [-0.39, 0.29) is 6.04 Å². The van der Waals surface area contributed by atoms with Crippen LogP contribution in [0.2, 0.25) is 0 Å². The summed E-state index contributed by atoms with van der Waals surface area (Å²) in [5.41, 5.74) is 8.44. The fourth-order valence-electron chi connectivity index (χ4n) is 1.93. The molecular weight excluding hydrogens is 314 g/mol. The Kier molecular flexibility index (Phi) is 5.21. The fourth-order valence-corrected chi connectivity index (χ4v) is 2.45. The third-order valence-electron chi connectivity index (χ3n) is 3.29. The van der Waals surface area contributed by atoms with Crippen molar-refractivity contribution in [2.45, 2.75) is 32.7 Å². The highest BCUT2D eigenvalue weighted by Crippen LogP contribution is 2.28. The van der Waals surface area contributed by atoms with Crippen molar-refractivity contribution in [3.63, 3.8) is 0 Å². The standard InChI is InChI=1S/C17H20BrNO/c1-3-14(19)10-13-6-9-16(11-17(13)18)20-15-7-4-12(2)5-8-15/h4-9,11,14H,3,10,19H2,1-2H3. The van der Waals surface area contributed by atoms with Crippen LogP contribution in [0.25, 0.3) is 0 Å². The van der Waals surface area contributed by atoms with Gasteiger partial charge >= 0.3 is 0 Å². The first kappa shape index (κ1) is 15.1. The van der Waals surface area contributed by atoms with Crippen LogP contribution in [0.5, 0.6) is 11.5 Å². The molecule has 0 radical (unpaired) electrons. The summed E-state index contributed by atoms with van der Waals surface area (Å²) in [4.78, 5) is 0.